The van der Waals surface area contributed by atoms with E-state index in [2.05, 4.69) is 0 Å². The highest BCUT2D eigenvalue weighted by Gasteiger charge is 2.16. The maximum absolute atomic E-state index is 11.4. The molecular weight excluding hydrogens is 336 g/mol. The molecule has 0 saturated carbocycles. The maximum atomic E-state index is 11.4. The van der Waals surface area contributed by atoms with Gasteiger partial charge in [0.15, 0.2) is 0 Å². The molecule has 0 aromatic rings. The highest BCUT2D eigenvalue weighted by Crippen LogP contribution is 2.20. The Kier molecular flexibility index (Phi) is 12.9. The molecule has 26 heavy (non-hydrogen) atoms. The lowest BCUT2D eigenvalue weighted by Gasteiger charge is -2.14. The molecule has 0 aliphatic heterocycles. The molecule has 8 nitrogen and oxygen atoms in total. The van der Waals surface area contributed by atoms with Gasteiger partial charge in [0, 0.05) is 24.7 Å². The van der Waals surface area contributed by atoms with Crippen LogP contribution in [0.2, 0.25) is 0 Å². The second-order valence-electron chi connectivity index (χ2n) is 6.91. The second-order valence-corrected chi connectivity index (χ2v) is 6.91. The van der Waals surface area contributed by atoms with E-state index in [9.17, 15) is 19.2 Å². The summed E-state index contributed by atoms with van der Waals surface area (Å²) in [6.07, 6.45) is 7.88. The van der Waals surface area contributed by atoms with E-state index in [1.807, 2.05) is 0 Å². The SMILES string of the molecule is NC(=O)CCCC(CCCCCCC(CCCC(N)=O)C(N)=O)C(N)=O. The van der Waals surface area contributed by atoms with Crippen LogP contribution in [0.3, 0.4) is 0 Å². The van der Waals surface area contributed by atoms with Crippen LogP contribution in [0.25, 0.3) is 0 Å². The Balaban J connectivity index is 3.92. The fourth-order valence-corrected chi connectivity index (χ4v) is 3.04. The zero-order valence-corrected chi connectivity index (χ0v) is 15.6. The maximum Gasteiger partial charge on any atom is 0.220 e. The summed E-state index contributed by atoms with van der Waals surface area (Å²) in [6, 6.07) is 0. The summed E-state index contributed by atoms with van der Waals surface area (Å²) in [6.45, 7) is 0. The van der Waals surface area contributed by atoms with Gasteiger partial charge in [0.2, 0.25) is 23.6 Å². The lowest BCUT2D eigenvalue weighted by molar-refractivity contribution is -0.123. The van der Waals surface area contributed by atoms with Crippen LogP contribution >= 0.6 is 0 Å². The fourth-order valence-electron chi connectivity index (χ4n) is 3.04. The van der Waals surface area contributed by atoms with Crippen LogP contribution in [0.5, 0.6) is 0 Å². The first-order valence-corrected chi connectivity index (χ1v) is 9.39. The van der Waals surface area contributed by atoms with Gasteiger partial charge >= 0.3 is 0 Å². The first-order chi connectivity index (χ1) is 12.2. The van der Waals surface area contributed by atoms with Crippen molar-refractivity contribution in [3.8, 4) is 0 Å². The van der Waals surface area contributed by atoms with Gasteiger partial charge in [0.1, 0.15) is 0 Å². The molecule has 0 heterocycles. The topological polar surface area (TPSA) is 172 Å². The van der Waals surface area contributed by atoms with E-state index >= 15 is 0 Å². The van der Waals surface area contributed by atoms with E-state index in [-0.39, 0.29) is 48.3 Å². The minimum atomic E-state index is -0.368. The van der Waals surface area contributed by atoms with Crippen molar-refractivity contribution in [3.63, 3.8) is 0 Å². The van der Waals surface area contributed by atoms with Gasteiger partial charge in [-0.15, -0.1) is 0 Å². The lowest BCUT2D eigenvalue weighted by atomic mass is 9.92. The summed E-state index contributed by atoms with van der Waals surface area (Å²) in [5.41, 5.74) is 21.0. The quantitative estimate of drug-likeness (QED) is 0.278. The van der Waals surface area contributed by atoms with Gasteiger partial charge in [-0.3, -0.25) is 19.2 Å². The summed E-state index contributed by atoms with van der Waals surface area (Å²) >= 11 is 0. The Hall–Kier alpha value is -2.12. The second kappa shape index (κ2) is 14.1. The van der Waals surface area contributed by atoms with Crippen molar-refractivity contribution in [3.05, 3.63) is 0 Å². The van der Waals surface area contributed by atoms with Crippen molar-refractivity contribution in [2.75, 3.05) is 0 Å². The number of carbonyl (C=O) groups is 4. The molecule has 8 heteroatoms. The number of carbonyl (C=O) groups excluding carboxylic acids is 4. The third-order valence-corrected chi connectivity index (χ3v) is 4.61. The summed E-state index contributed by atoms with van der Waals surface area (Å²) in [4.78, 5) is 44.3. The number of primary amides is 4. The summed E-state index contributed by atoms with van der Waals surface area (Å²) in [7, 11) is 0. The molecule has 0 aliphatic rings. The van der Waals surface area contributed by atoms with E-state index in [0.29, 0.717) is 38.5 Å². The van der Waals surface area contributed by atoms with Gasteiger partial charge in [-0.25, -0.2) is 0 Å². The molecule has 4 amide bonds. The molecule has 2 atom stereocenters. The zero-order valence-electron chi connectivity index (χ0n) is 15.6. The Morgan fingerprint density at radius 2 is 0.808 bits per heavy atom. The predicted octanol–water partition coefficient (Wildman–Crippen LogP) is 0.841. The molecule has 0 rings (SSSR count). The van der Waals surface area contributed by atoms with E-state index in [0.717, 1.165) is 25.7 Å². The highest BCUT2D eigenvalue weighted by molar-refractivity contribution is 5.77. The molecule has 0 bridgehead atoms. The Labute approximate surface area is 155 Å². The van der Waals surface area contributed by atoms with E-state index in [1.54, 1.807) is 0 Å². The lowest BCUT2D eigenvalue weighted by Crippen LogP contribution is -2.24. The molecule has 2 unspecified atom stereocenters. The monoisotopic (exact) mass is 370 g/mol. The van der Waals surface area contributed by atoms with Crippen molar-refractivity contribution in [2.24, 2.45) is 34.8 Å². The average molecular weight is 370 g/mol. The number of hydrogen-bond donors (Lipinski definition) is 4. The standard InChI is InChI=1S/C18H34N4O4/c19-15(23)11-5-9-13(17(21)25)7-3-1-2-4-8-14(18(22)26)10-6-12-16(20)24/h13-14H,1-12H2,(H2,19,23)(H2,20,24)(H2,21,25)(H2,22,26). The van der Waals surface area contributed by atoms with Crippen LogP contribution in [0.4, 0.5) is 0 Å². The van der Waals surface area contributed by atoms with Gasteiger partial charge in [0.25, 0.3) is 0 Å². The Morgan fingerprint density at radius 3 is 1.08 bits per heavy atom. The third-order valence-electron chi connectivity index (χ3n) is 4.61. The van der Waals surface area contributed by atoms with Gasteiger partial charge in [0.05, 0.1) is 0 Å². The fraction of sp³-hybridized carbons (Fsp3) is 0.778. The Morgan fingerprint density at radius 1 is 0.500 bits per heavy atom. The molecule has 0 aliphatic carbocycles. The van der Waals surface area contributed by atoms with Crippen LogP contribution in [0.1, 0.15) is 77.0 Å². The van der Waals surface area contributed by atoms with Crippen LogP contribution in [-0.2, 0) is 19.2 Å². The number of amides is 4. The van der Waals surface area contributed by atoms with Crippen LogP contribution < -0.4 is 22.9 Å². The molecule has 0 fully saturated rings. The third kappa shape index (κ3) is 13.2. The van der Waals surface area contributed by atoms with Crippen LogP contribution in [0.15, 0.2) is 0 Å². The van der Waals surface area contributed by atoms with Gasteiger partial charge in [-0.1, -0.05) is 25.7 Å². The summed E-state index contributed by atoms with van der Waals surface area (Å²) < 4.78 is 0. The average Bonchev–Trinajstić information content (AvgIpc) is 2.53. The first kappa shape index (κ1) is 23.9. The molecular formula is C18H34N4O4. The van der Waals surface area contributed by atoms with Gasteiger partial charge in [-0.2, -0.15) is 0 Å². The number of hydrogen-bond acceptors (Lipinski definition) is 4. The number of unbranched alkanes of at least 4 members (excludes halogenated alkanes) is 3. The van der Waals surface area contributed by atoms with E-state index in [4.69, 9.17) is 22.9 Å². The summed E-state index contributed by atoms with van der Waals surface area (Å²) in [5, 5.41) is 0. The van der Waals surface area contributed by atoms with Crippen molar-refractivity contribution in [1.29, 1.82) is 0 Å². The largest absolute Gasteiger partial charge is 0.370 e. The smallest absolute Gasteiger partial charge is 0.220 e. The normalized spacial score (nSPS) is 13.1. The number of nitrogens with two attached hydrogens (primary N) is 4. The number of rotatable bonds is 17. The molecule has 0 saturated heterocycles. The van der Waals surface area contributed by atoms with E-state index < -0.39 is 0 Å². The van der Waals surface area contributed by atoms with Crippen molar-refractivity contribution in [2.45, 2.75) is 77.0 Å². The highest BCUT2D eigenvalue weighted by atomic mass is 16.2. The molecule has 0 aromatic heterocycles. The van der Waals surface area contributed by atoms with Crippen molar-refractivity contribution < 1.29 is 19.2 Å². The van der Waals surface area contributed by atoms with Crippen LogP contribution in [0, 0.1) is 11.8 Å². The van der Waals surface area contributed by atoms with Crippen LogP contribution in [-0.4, -0.2) is 23.6 Å². The van der Waals surface area contributed by atoms with Crippen molar-refractivity contribution >= 4 is 23.6 Å². The zero-order chi connectivity index (χ0) is 19.9. The molecule has 8 N–H and O–H groups in total. The molecule has 0 spiro atoms. The van der Waals surface area contributed by atoms with Gasteiger partial charge in [-0.05, 0) is 38.5 Å². The van der Waals surface area contributed by atoms with Crippen molar-refractivity contribution in [1.82, 2.24) is 0 Å². The molecule has 0 radical (unpaired) electrons. The molecule has 150 valence electrons. The van der Waals surface area contributed by atoms with E-state index in [1.165, 1.54) is 0 Å². The predicted molar refractivity (Wildman–Crippen MR) is 99.2 cm³/mol. The van der Waals surface area contributed by atoms with Gasteiger partial charge < -0.3 is 22.9 Å². The minimum Gasteiger partial charge on any atom is -0.370 e. The molecule has 0 aromatic carbocycles. The first-order valence-electron chi connectivity index (χ1n) is 9.39. The Bertz CT molecular complexity index is 426. The summed E-state index contributed by atoms with van der Waals surface area (Å²) in [5.74, 6) is -1.85. The minimum absolute atomic E-state index is 0.221.